The Kier molecular flexibility index (Phi) is 5.15. The fraction of sp³-hybridized carbons (Fsp3) is 0.304. The van der Waals surface area contributed by atoms with Crippen molar-refractivity contribution < 1.29 is 9.53 Å². The summed E-state index contributed by atoms with van der Waals surface area (Å²) in [5.74, 6) is 1.92. The van der Waals surface area contributed by atoms with E-state index in [9.17, 15) is 4.79 Å². The Hall–Kier alpha value is -3.08. The van der Waals surface area contributed by atoms with E-state index in [2.05, 4.69) is 28.6 Å². The molecule has 1 amide bonds. The monoisotopic (exact) mass is 375 g/mol. The van der Waals surface area contributed by atoms with Crippen LogP contribution in [0.3, 0.4) is 0 Å². The Morgan fingerprint density at radius 2 is 2.00 bits per heavy atom. The van der Waals surface area contributed by atoms with Crippen molar-refractivity contribution in [2.24, 2.45) is 0 Å². The van der Waals surface area contributed by atoms with E-state index in [1.807, 2.05) is 53.6 Å². The third kappa shape index (κ3) is 3.65. The normalized spacial score (nSPS) is 16.4. The standard InChI is InChI=1S/C23H25N3O2/c1-17-15-24-23(19-8-4-3-5-9-19)26(17)20-11-12-25(16-20)22(27)14-18-7-6-10-21(13-18)28-2/h3-10,13,15,20H,11-12,14,16H2,1-2H3. The highest BCUT2D eigenvalue weighted by Crippen LogP contribution is 2.30. The van der Waals surface area contributed by atoms with Crippen LogP contribution in [-0.4, -0.2) is 40.6 Å². The Morgan fingerprint density at radius 1 is 1.18 bits per heavy atom. The summed E-state index contributed by atoms with van der Waals surface area (Å²) in [6, 6.07) is 18.2. The fourth-order valence-corrected chi connectivity index (χ4v) is 3.96. The number of likely N-dealkylation sites (tertiary alicyclic amines) is 1. The van der Waals surface area contributed by atoms with Gasteiger partial charge in [0.15, 0.2) is 0 Å². The molecule has 0 aliphatic carbocycles. The average Bonchev–Trinajstić information content (AvgIpc) is 3.35. The number of benzene rings is 2. The number of aryl methyl sites for hydroxylation is 1. The fourth-order valence-electron chi connectivity index (χ4n) is 3.96. The number of hydrogen-bond donors (Lipinski definition) is 0. The number of imidazole rings is 1. The van der Waals surface area contributed by atoms with Crippen LogP contribution in [0.25, 0.3) is 11.4 Å². The molecule has 0 radical (unpaired) electrons. The van der Waals surface area contributed by atoms with Gasteiger partial charge in [-0.3, -0.25) is 4.79 Å². The quantitative estimate of drug-likeness (QED) is 0.680. The van der Waals surface area contributed by atoms with Gasteiger partial charge in [0.25, 0.3) is 0 Å². The minimum absolute atomic E-state index is 0.162. The first-order valence-corrected chi connectivity index (χ1v) is 9.65. The van der Waals surface area contributed by atoms with Gasteiger partial charge in [-0.15, -0.1) is 0 Å². The van der Waals surface area contributed by atoms with Crippen LogP contribution in [0.15, 0.2) is 60.8 Å². The lowest BCUT2D eigenvalue weighted by Crippen LogP contribution is -2.30. The van der Waals surface area contributed by atoms with Crippen molar-refractivity contribution in [1.29, 1.82) is 0 Å². The second-order valence-electron chi connectivity index (χ2n) is 7.27. The van der Waals surface area contributed by atoms with E-state index in [0.717, 1.165) is 47.9 Å². The third-order valence-electron chi connectivity index (χ3n) is 5.38. The van der Waals surface area contributed by atoms with E-state index in [0.29, 0.717) is 6.42 Å². The van der Waals surface area contributed by atoms with Crippen molar-refractivity contribution in [3.8, 4) is 17.1 Å². The van der Waals surface area contributed by atoms with Crippen molar-refractivity contribution in [1.82, 2.24) is 14.5 Å². The van der Waals surface area contributed by atoms with E-state index in [4.69, 9.17) is 4.74 Å². The van der Waals surface area contributed by atoms with Gasteiger partial charge < -0.3 is 14.2 Å². The number of rotatable bonds is 5. The number of carbonyl (C=O) groups is 1. The average molecular weight is 375 g/mol. The van der Waals surface area contributed by atoms with Gasteiger partial charge in [-0.05, 0) is 31.0 Å². The molecule has 0 N–H and O–H groups in total. The van der Waals surface area contributed by atoms with E-state index in [1.165, 1.54) is 0 Å². The Labute approximate surface area is 165 Å². The van der Waals surface area contributed by atoms with E-state index < -0.39 is 0 Å². The molecule has 144 valence electrons. The maximum Gasteiger partial charge on any atom is 0.227 e. The predicted octanol–water partition coefficient (Wildman–Crippen LogP) is 3.88. The molecule has 2 aromatic carbocycles. The first-order chi connectivity index (χ1) is 13.7. The van der Waals surface area contributed by atoms with Gasteiger partial charge >= 0.3 is 0 Å². The summed E-state index contributed by atoms with van der Waals surface area (Å²) in [7, 11) is 1.64. The molecule has 3 aromatic rings. The van der Waals surface area contributed by atoms with Crippen molar-refractivity contribution in [3.05, 3.63) is 72.1 Å². The summed E-state index contributed by atoms with van der Waals surface area (Å²) in [6.07, 6.45) is 3.27. The van der Waals surface area contributed by atoms with Crippen LogP contribution in [0.1, 0.15) is 23.7 Å². The van der Waals surface area contributed by atoms with Crippen molar-refractivity contribution in [2.45, 2.75) is 25.8 Å². The number of nitrogens with zero attached hydrogens (tertiary/aromatic N) is 3. The van der Waals surface area contributed by atoms with Gasteiger partial charge in [0.1, 0.15) is 11.6 Å². The van der Waals surface area contributed by atoms with Crippen LogP contribution in [0.2, 0.25) is 0 Å². The summed E-state index contributed by atoms with van der Waals surface area (Å²) in [4.78, 5) is 19.4. The predicted molar refractivity (Wildman–Crippen MR) is 109 cm³/mol. The van der Waals surface area contributed by atoms with Crippen LogP contribution < -0.4 is 4.74 Å². The van der Waals surface area contributed by atoms with Gasteiger partial charge in [0.2, 0.25) is 5.91 Å². The molecule has 0 bridgehead atoms. The molecule has 1 unspecified atom stereocenters. The van der Waals surface area contributed by atoms with Gasteiger partial charge in [-0.1, -0.05) is 42.5 Å². The molecule has 28 heavy (non-hydrogen) atoms. The highest BCUT2D eigenvalue weighted by atomic mass is 16.5. The Bertz CT molecular complexity index is 965. The topological polar surface area (TPSA) is 47.4 Å². The van der Waals surface area contributed by atoms with Crippen LogP contribution in [0.5, 0.6) is 5.75 Å². The lowest BCUT2D eigenvalue weighted by Gasteiger charge is -2.20. The van der Waals surface area contributed by atoms with Crippen LogP contribution in [0.4, 0.5) is 0 Å². The van der Waals surface area contributed by atoms with Gasteiger partial charge in [0.05, 0.1) is 19.6 Å². The lowest BCUT2D eigenvalue weighted by atomic mass is 10.1. The summed E-state index contributed by atoms with van der Waals surface area (Å²) in [5.41, 5.74) is 3.22. The largest absolute Gasteiger partial charge is 0.497 e. The summed E-state index contributed by atoms with van der Waals surface area (Å²) in [5, 5.41) is 0. The van der Waals surface area contributed by atoms with Crippen molar-refractivity contribution >= 4 is 5.91 Å². The molecule has 2 heterocycles. The van der Waals surface area contributed by atoms with Gasteiger partial charge in [-0.25, -0.2) is 4.98 Å². The number of carbonyl (C=O) groups excluding carboxylic acids is 1. The first kappa shape index (κ1) is 18.3. The maximum absolute atomic E-state index is 12.8. The van der Waals surface area contributed by atoms with Crippen molar-refractivity contribution in [2.75, 3.05) is 20.2 Å². The van der Waals surface area contributed by atoms with Gasteiger partial charge in [0, 0.05) is 30.5 Å². The SMILES string of the molecule is COc1cccc(CC(=O)N2CCC(n3c(C)cnc3-c3ccccc3)C2)c1. The third-order valence-corrected chi connectivity index (χ3v) is 5.38. The minimum Gasteiger partial charge on any atom is -0.497 e. The molecule has 1 saturated heterocycles. The highest BCUT2D eigenvalue weighted by molar-refractivity contribution is 5.79. The summed E-state index contributed by atoms with van der Waals surface area (Å²) < 4.78 is 7.55. The zero-order valence-corrected chi connectivity index (χ0v) is 16.3. The lowest BCUT2D eigenvalue weighted by molar-refractivity contribution is -0.129. The molecular weight excluding hydrogens is 350 g/mol. The molecular formula is C23H25N3O2. The minimum atomic E-state index is 0.162. The van der Waals surface area contributed by atoms with E-state index in [-0.39, 0.29) is 11.9 Å². The smallest absolute Gasteiger partial charge is 0.227 e. The molecule has 0 spiro atoms. The number of aromatic nitrogens is 2. The number of amides is 1. The van der Waals surface area contributed by atoms with E-state index >= 15 is 0 Å². The number of methoxy groups -OCH3 is 1. The number of hydrogen-bond acceptors (Lipinski definition) is 3. The Balaban J connectivity index is 1.49. The Morgan fingerprint density at radius 3 is 2.79 bits per heavy atom. The summed E-state index contributed by atoms with van der Waals surface area (Å²) in [6.45, 7) is 3.58. The number of ether oxygens (including phenoxy) is 1. The van der Waals surface area contributed by atoms with Gasteiger partial charge in [-0.2, -0.15) is 0 Å². The maximum atomic E-state index is 12.8. The molecule has 1 fully saturated rings. The highest BCUT2D eigenvalue weighted by Gasteiger charge is 2.29. The molecule has 1 atom stereocenters. The summed E-state index contributed by atoms with van der Waals surface area (Å²) >= 11 is 0. The van der Waals surface area contributed by atoms with Crippen molar-refractivity contribution in [3.63, 3.8) is 0 Å². The molecule has 5 heteroatoms. The first-order valence-electron chi connectivity index (χ1n) is 9.65. The van der Waals surface area contributed by atoms with Crippen LogP contribution in [-0.2, 0) is 11.2 Å². The molecule has 5 nitrogen and oxygen atoms in total. The van der Waals surface area contributed by atoms with Crippen LogP contribution in [0, 0.1) is 6.92 Å². The van der Waals surface area contributed by atoms with Crippen LogP contribution >= 0.6 is 0 Å². The second kappa shape index (κ2) is 7.89. The molecule has 1 aromatic heterocycles. The zero-order valence-electron chi connectivity index (χ0n) is 16.3. The molecule has 1 aliphatic rings. The molecule has 0 saturated carbocycles. The molecule has 4 rings (SSSR count). The van der Waals surface area contributed by atoms with E-state index in [1.54, 1.807) is 7.11 Å². The zero-order chi connectivity index (χ0) is 19.5. The second-order valence-corrected chi connectivity index (χ2v) is 7.27. The molecule has 1 aliphatic heterocycles.